The van der Waals surface area contributed by atoms with E-state index in [1.54, 1.807) is 53.5 Å². The predicted molar refractivity (Wildman–Crippen MR) is 98.0 cm³/mol. The van der Waals surface area contributed by atoms with Gasteiger partial charge in [-0.1, -0.05) is 36.4 Å². The molecule has 0 aliphatic carbocycles. The van der Waals surface area contributed by atoms with Crippen molar-refractivity contribution in [1.82, 2.24) is 5.43 Å². The Balaban J connectivity index is 2.01. The number of rotatable bonds is 5. The van der Waals surface area contributed by atoms with Crippen LogP contribution in [0.25, 0.3) is 6.08 Å². The SMILES string of the molecule is CC(=Cc1c(F)c(F)c(F)c(F)c1F)NN(c1ccccc1)c1ccccc1. The zero-order valence-corrected chi connectivity index (χ0v) is 14.7. The van der Waals surface area contributed by atoms with Gasteiger partial charge in [0.1, 0.15) is 0 Å². The number of halogens is 5. The molecule has 28 heavy (non-hydrogen) atoms. The maximum atomic E-state index is 13.9. The number of benzene rings is 3. The molecule has 2 nitrogen and oxygen atoms in total. The van der Waals surface area contributed by atoms with Crippen molar-refractivity contribution in [3.8, 4) is 0 Å². The molecular weight excluding hydrogens is 375 g/mol. The van der Waals surface area contributed by atoms with E-state index in [0.717, 1.165) is 6.08 Å². The molecule has 144 valence electrons. The molecule has 0 amide bonds. The molecular formula is C21H15F5N2. The van der Waals surface area contributed by atoms with E-state index in [9.17, 15) is 22.0 Å². The topological polar surface area (TPSA) is 15.3 Å². The van der Waals surface area contributed by atoms with Crippen LogP contribution in [0, 0.1) is 29.1 Å². The number of nitrogens with one attached hydrogen (secondary N) is 1. The molecule has 3 aromatic rings. The lowest BCUT2D eigenvalue weighted by Crippen LogP contribution is -2.32. The minimum atomic E-state index is -2.19. The molecule has 0 fully saturated rings. The molecule has 0 heterocycles. The second-order valence-corrected chi connectivity index (χ2v) is 5.93. The Labute approximate surface area is 158 Å². The summed E-state index contributed by atoms with van der Waals surface area (Å²) >= 11 is 0. The van der Waals surface area contributed by atoms with Crippen molar-refractivity contribution in [3.63, 3.8) is 0 Å². The van der Waals surface area contributed by atoms with Gasteiger partial charge in [-0.3, -0.25) is 10.4 Å². The van der Waals surface area contributed by atoms with Gasteiger partial charge in [0.05, 0.1) is 16.9 Å². The first-order valence-corrected chi connectivity index (χ1v) is 8.26. The second-order valence-electron chi connectivity index (χ2n) is 5.93. The standard InChI is InChI=1S/C21H15F5N2/c1-13(12-16-17(22)19(24)21(26)20(25)18(16)23)27-28(14-8-4-2-5-9-14)15-10-6-3-7-11-15/h2-12,27H,1H3. The molecule has 0 spiro atoms. The summed E-state index contributed by atoms with van der Waals surface area (Å²) in [6, 6.07) is 18.0. The third-order valence-corrected chi connectivity index (χ3v) is 3.92. The molecule has 0 radical (unpaired) electrons. The van der Waals surface area contributed by atoms with Crippen molar-refractivity contribution in [1.29, 1.82) is 0 Å². The molecule has 0 atom stereocenters. The first-order valence-electron chi connectivity index (χ1n) is 8.26. The van der Waals surface area contributed by atoms with Crippen LogP contribution in [0.4, 0.5) is 33.3 Å². The van der Waals surface area contributed by atoms with Crippen LogP contribution in [-0.4, -0.2) is 0 Å². The summed E-state index contributed by atoms with van der Waals surface area (Å²) in [5, 5.41) is 1.62. The van der Waals surface area contributed by atoms with Crippen molar-refractivity contribution in [3.05, 3.63) is 101 Å². The zero-order chi connectivity index (χ0) is 20.3. The van der Waals surface area contributed by atoms with Gasteiger partial charge in [0.2, 0.25) is 5.82 Å². The van der Waals surface area contributed by atoms with Gasteiger partial charge < -0.3 is 0 Å². The van der Waals surface area contributed by atoms with Crippen LogP contribution in [0.1, 0.15) is 12.5 Å². The highest BCUT2D eigenvalue weighted by molar-refractivity contribution is 5.63. The Kier molecular flexibility index (Phi) is 5.63. The molecule has 0 bridgehead atoms. The summed E-state index contributed by atoms with van der Waals surface area (Å²) in [5.41, 5.74) is 3.49. The van der Waals surface area contributed by atoms with Crippen LogP contribution >= 0.6 is 0 Å². The van der Waals surface area contributed by atoms with Crippen LogP contribution in [0.2, 0.25) is 0 Å². The molecule has 3 aromatic carbocycles. The molecule has 0 unspecified atom stereocenters. The van der Waals surface area contributed by atoms with E-state index in [2.05, 4.69) is 5.43 Å². The molecule has 0 aliphatic heterocycles. The Bertz CT molecular complexity index is 936. The third-order valence-electron chi connectivity index (χ3n) is 3.92. The Morgan fingerprint density at radius 1 is 0.679 bits per heavy atom. The van der Waals surface area contributed by atoms with Gasteiger partial charge in [-0.2, -0.15) is 0 Å². The van der Waals surface area contributed by atoms with Gasteiger partial charge in [0.25, 0.3) is 0 Å². The predicted octanol–water partition coefficient (Wildman–Crippen LogP) is 6.09. The fraction of sp³-hybridized carbons (Fsp3) is 0.0476. The van der Waals surface area contributed by atoms with Crippen LogP contribution < -0.4 is 10.4 Å². The van der Waals surface area contributed by atoms with Crippen molar-refractivity contribution >= 4 is 17.5 Å². The number of hydrazine groups is 1. The Morgan fingerprint density at radius 3 is 1.50 bits per heavy atom. The Morgan fingerprint density at radius 2 is 1.07 bits per heavy atom. The molecule has 0 aliphatic rings. The average molecular weight is 390 g/mol. The van der Waals surface area contributed by atoms with Crippen LogP contribution in [-0.2, 0) is 0 Å². The van der Waals surface area contributed by atoms with Crippen LogP contribution in [0.3, 0.4) is 0 Å². The van der Waals surface area contributed by atoms with E-state index < -0.39 is 34.6 Å². The number of allylic oxidation sites excluding steroid dienone is 1. The summed E-state index contributed by atoms with van der Waals surface area (Å²) in [6.45, 7) is 1.46. The van der Waals surface area contributed by atoms with E-state index in [-0.39, 0.29) is 5.70 Å². The zero-order valence-electron chi connectivity index (χ0n) is 14.7. The maximum absolute atomic E-state index is 13.9. The maximum Gasteiger partial charge on any atom is 0.200 e. The highest BCUT2D eigenvalue weighted by atomic mass is 19.2. The highest BCUT2D eigenvalue weighted by Crippen LogP contribution is 2.26. The number of anilines is 2. The van der Waals surface area contributed by atoms with Crippen LogP contribution in [0.5, 0.6) is 0 Å². The number of nitrogens with zero attached hydrogens (tertiary/aromatic N) is 1. The van der Waals surface area contributed by atoms with Crippen LogP contribution in [0.15, 0.2) is 66.4 Å². The summed E-state index contributed by atoms with van der Waals surface area (Å²) in [5.74, 6) is -9.93. The van der Waals surface area contributed by atoms with E-state index in [4.69, 9.17) is 0 Å². The normalized spacial score (nSPS) is 11.4. The lowest BCUT2D eigenvalue weighted by molar-refractivity contribution is 0.377. The average Bonchev–Trinajstić information content (AvgIpc) is 2.73. The van der Waals surface area contributed by atoms with Crippen molar-refractivity contribution < 1.29 is 22.0 Å². The fourth-order valence-corrected chi connectivity index (χ4v) is 2.61. The van der Waals surface area contributed by atoms with E-state index in [1.807, 2.05) is 12.1 Å². The molecule has 1 N–H and O–H groups in total. The summed E-state index contributed by atoms with van der Waals surface area (Å²) in [4.78, 5) is 0. The molecule has 0 saturated carbocycles. The first kappa shape index (κ1) is 19.4. The van der Waals surface area contributed by atoms with Crippen molar-refractivity contribution in [2.24, 2.45) is 0 Å². The number of hydrogen-bond donors (Lipinski definition) is 1. The first-order chi connectivity index (χ1) is 13.4. The van der Waals surface area contributed by atoms with E-state index in [1.165, 1.54) is 6.92 Å². The molecule has 3 rings (SSSR count). The lowest BCUT2D eigenvalue weighted by Gasteiger charge is -2.27. The van der Waals surface area contributed by atoms with E-state index >= 15 is 0 Å². The van der Waals surface area contributed by atoms with Gasteiger partial charge >= 0.3 is 0 Å². The quantitative estimate of drug-likeness (QED) is 0.246. The minimum absolute atomic E-state index is 0.163. The molecule has 7 heteroatoms. The van der Waals surface area contributed by atoms with Gasteiger partial charge in [0, 0.05) is 5.70 Å². The smallest absolute Gasteiger partial charge is 0.200 e. The monoisotopic (exact) mass is 390 g/mol. The Hall–Kier alpha value is -3.35. The third kappa shape index (κ3) is 3.83. The minimum Gasteiger partial charge on any atom is -0.298 e. The second kappa shape index (κ2) is 8.12. The lowest BCUT2D eigenvalue weighted by atomic mass is 10.1. The molecule has 0 aromatic heterocycles. The fourth-order valence-electron chi connectivity index (χ4n) is 2.61. The van der Waals surface area contributed by atoms with Crippen molar-refractivity contribution in [2.45, 2.75) is 6.92 Å². The molecule has 0 saturated heterocycles. The van der Waals surface area contributed by atoms with E-state index in [0.29, 0.717) is 11.4 Å². The van der Waals surface area contributed by atoms with Gasteiger partial charge in [-0.05, 0) is 37.3 Å². The number of para-hydroxylation sites is 2. The van der Waals surface area contributed by atoms with Gasteiger partial charge in [-0.25, -0.2) is 22.0 Å². The highest BCUT2D eigenvalue weighted by Gasteiger charge is 2.24. The van der Waals surface area contributed by atoms with Crippen molar-refractivity contribution in [2.75, 3.05) is 5.01 Å². The van der Waals surface area contributed by atoms with Gasteiger partial charge in [-0.15, -0.1) is 0 Å². The summed E-state index contributed by atoms with van der Waals surface area (Å²) in [6.07, 6.45) is 0.870. The van der Waals surface area contributed by atoms with Gasteiger partial charge in [0.15, 0.2) is 23.3 Å². The summed E-state index contributed by atoms with van der Waals surface area (Å²) < 4.78 is 67.9. The summed E-state index contributed by atoms with van der Waals surface area (Å²) in [7, 11) is 0. The largest absolute Gasteiger partial charge is 0.298 e. The number of hydrogen-bond acceptors (Lipinski definition) is 2.